The lowest BCUT2D eigenvalue weighted by molar-refractivity contribution is -0.139. The van der Waals surface area contributed by atoms with Gasteiger partial charge in [-0.05, 0) is 63.6 Å². The van der Waals surface area contributed by atoms with Crippen LogP contribution in [-0.4, -0.2) is 26.7 Å². The predicted octanol–water partition coefficient (Wildman–Crippen LogP) is 2.36. The number of hydrogen-bond acceptors (Lipinski definition) is 4. The molecule has 1 aromatic carbocycles. The molecule has 8 heteroatoms. The van der Waals surface area contributed by atoms with Gasteiger partial charge < -0.3 is 4.74 Å². The molecule has 0 bridgehead atoms. The van der Waals surface area contributed by atoms with E-state index in [9.17, 15) is 13.2 Å². The van der Waals surface area contributed by atoms with Gasteiger partial charge in [0.05, 0.1) is 12.3 Å². The van der Waals surface area contributed by atoms with Crippen LogP contribution in [0.2, 0.25) is 0 Å². The third-order valence-corrected chi connectivity index (χ3v) is 4.28. The maximum Gasteiger partial charge on any atom is 0.323 e. The van der Waals surface area contributed by atoms with E-state index in [4.69, 9.17) is 0 Å². The van der Waals surface area contributed by atoms with Crippen molar-refractivity contribution in [2.75, 3.05) is 17.1 Å². The second-order valence-electron chi connectivity index (χ2n) is 3.29. The van der Waals surface area contributed by atoms with Crippen LogP contribution in [0.3, 0.4) is 0 Å². The summed E-state index contributed by atoms with van der Waals surface area (Å²) in [4.78, 5) is 11.1. The normalized spacial score (nSPS) is 11.1. The van der Waals surface area contributed by atoms with E-state index in [1.54, 1.807) is 25.1 Å². The Hall–Kier alpha value is -0.350. The van der Waals surface area contributed by atoms with E-state index in [-0.39, 0.29) is 6.61 Å². The zero-order valence-electron chi connectivity index (χ0n) is 9.44. The van der Waals surface area contributed by atoms with Crippen molar-refractivity contribution in [2.45, 2.75) is 6.92 Å². The summed E-state index contributed by atoms with van der Waals surface area (Å²) in [7, 11) is -3.75. The molecule has 18 heavy (non-hydrogen) atoms. The molecule has 1 rings (SSSR count). The molecule has 0 atom stereocenters. The summed E-state index contributed by atoms with van der Waals surface area (Å²) in [6, 6.07) is 5.14. The summed E-state index contributed by atoms with van der Waals surface area (Å²) in [6.45, 7) is 1.77. The van der Waals surface area contributed by atoms with Crippen LogP contribution in [0.25, 0.3) is 0 Å². The monoisotopic (exact) mass is 447 g/mol. The van der Waals surface area contributed by atoms with Gasteiger partial charge in [-0.2, -0.15) is 0 Å². The summed E-state index contributed by atoms with van der Waals surface area (Å²) in [5.74, 6) is -1.47. The van der Waals surface area contributed by atoms with Gasteiger partial charge in [-0.15, -0.1) is 0 Å². The molecule has 0 saturated carbocycles. The van der Waals surface area contributed by atoms with Crippen LogP contribution < -0.4 is 4.72 Å². The summed E-state index contributed by atoms with van der Waals surface area (Å²) in [5.41, 5.74) is 0.389. The molecule has 0 radical (unpaired) electrons. The van der Waals surface area contributed by atoms with Gasteiger partial charge in [0.1, 0.15) is 0 Å². The van der Waals surface area contributed by atoms with E-state index in [0.29, 0.717) is 10.2 Å². The van der Waals surface area contributed by atoms with E-state index in [0.717, 1.165) is 3.57 Å². The predicted molar refractivity (Wildman–Crippen MR) is 80.9 cm³/mol. The third kappa shape index (κ3) is 5.11. The second kappa shape index (κ2) is 6.71. The van der Waals surface area contributed by atoms with Gasteiger partial charge >= 0.3 is 5.97 Å². The fourth-order valence-corrected chi connectivity index (χ4v) is 3.64. The number of nitrogens with one attached hydrogen (secondary N) is 1. The third-order valence-electron chi connectivity index (χ3n) is 1.81. The first-order chi connectivity index (χ1) is 8.34. The largest absolute Gasteiger partial charge is 0.465 e. The van der Waals surface area contributed by atoms with Gasteiger partial charge in [0, 0.05) is 8.04 Å². The molecule has 1 aromatic rings. The summed E-state index contributed by atoms with van der Waals surface area (Å²) < 4.78 is 31.9. The number of anilines is 1. The molecule has 0 heterocycles. The van der Waals surface area contributed by atoms with E-state index in [1.165, 1.54) is 0 Å². The molecule has 0 aliphatic rings. The van der Waals surface area contributed by atoms with Crippen molar-refractivity contribution in [2.24, 2.45) is 0 Å². The second-order valence-corrected chi connectivity index (χ2v) is 7.11. The van der Waals surface area contributed by atoms with Crippen molar-refractivity contribution in [1.82, 2.24) is 0 Å². The molecule has 0 aliphatic heterocycles. The molecule has 0 fully saturated rings. The van der Waals surface area contributed by atoms with Crippen LogP contribution in [0, 0.1) is 3.57 Å². The minimum absolute atomic E-state index is 0.154. The Morgan fingerprint density at radius 1 is 1.50 bits per heavy atom. The zero-order valence-corrected chi connectivity index (χ0v) is 14.0. The van der Waals surface area contributed by atoms with E-state index in [1.807, 2.05) is 0 Å². The Morgan fingerprint density at radius 3 is 2.72 bits per heavy atom. The van der Waals surface area contributed by atoms with Crippen LogP contribution in [0.4, 0.5) is 5.69 Å². The van der Waals surface area contributed by atoms with Crippen molar-refractivity contribution in [3.63, 3.8) is 0 Å². The summed E-state index contributed by atoms with van der Waals surface area (Å²) in [6.07, 6.45) is 0. The van der Waals surface area contributed by atoms with Gasteiger partial charge in [0.25, 0.3) is 0 Å². The average molecular weight is 448 g/mol. The smallest absolute Gasteiger partial charge is 0.323 e. The number of sulfonamides is 1. The van der Waals surface area contributed by atoms with Crippen molar-refractivity contribution in [1.29, 1.82) is 0 Å². The molecule has 5 nitrogen and oxygen atoms in total. The lowest BCUT2D eigenvalue weighted by Gasteiger charge is -2.09. The Labute approximate surface area is 128 Å². The maximum absolute atomic E-state index is 11.7. The Balaban J connectivity index is 2.79. The molecule has 0 amide bonds. The number of ether oxygens (including phenoxy) is 1. The SMILES string of the molecule is CCOC(=O)CS(=O)(=O)Nc1ccc(I)cc1Br. The lowest BCUT2D eigenvalue weighted by Crippen LogP contribution is -2.24. The lowest BCUT2D eigenvalue weighted by atomic mass is 10.3. The summed E-state index contributed by atoms with van der Waals surface area (Å²) >= 11 is 5.36. The Kier molecular flexibility index (Phi) is 5.86. The quantitative estimate of drug-likeness (QED) is 0.555. The molecule has 100 valence electrons. The molecule has 0 spiro atoms. The highest BCUT2D eigenvalue weighted by molar-refractivity contribution is 14.1. The molecule has 0 unspecified atom stereocenters. The highest BCUT2D eigenvalue weighted by atomic mass is 127. The fourth-order valence-electron chi connectivity index (χ4n) is 1.13. The van der Waals surface area contributed by atoms with Gasteiger partial charge in [-0.3, -0.25) is 9.52 Å². The van der Waals surface area contributed by atoms with Crippen LogP contribution in [-0.2, 0) is 19.6 Å². The Morgan fingerprint density at radius 2 is 2.17 bits per heavy atom. The summed E-state index contributed by atoms with van der Waals surface area (Å²) in [5, 5.41) is 0. The van der Waals surface area contributed by atoms with E-state index in [2.05, 4.69) is 48.0 Å². The topological polar surface area (TPSA) is 72.5 Å². The first kappa shape index (κ1) is 15.7. The number of esters is 1. The Bertz CT molecular complexity index is 547. The van der Waals surface area contributed by atoms with Crippen molar-refractivity contribution < 1.29 is 17.9 Å². The molecule has 1 N–H and O–H groups in total. The number of carbonyl (C=O) groups excluding carboxylic acids is 1. The van der Waals surface area contributed by atoms with Crippen LogP contribution >= 0.6 is 38.5 Å². The first-order valence-corrected chi connectivity index (χ1v) is 8.47. The first-order valence-electron chi connectivity index (χ1n) is 4.95. The molecular formula is C10H11BrINO4S. The van der Waals surface area contributed by atoms with E-state index < -0.39 is 21.7 Å². The molecule has 0 saturated heterocycles. The average Bonchev–Trinajstić information content (AvgIpc) is 2.21. The van der Waals surface area contributed by atoms with Gasteiger partial charge in [0.15, 0.2) is 5.75 Å². The van der Waals surface area contributed by atoms with Gasteiger partial charge in [-0.1, -0.05) is 0 Å². The van der Waals surface area contributed by atoms with E-state index >= 15 is 0 Å². The van der Waals surface area contributed by atoms with Gasteiger partial charge in [-0.25, -0.2) is 8.42 Å². The number of benzene rings is 1. The highest BCUT2D eigenvalue weighted by Gasteiger charge is 2.18. The van der Waals surface area contributed by atoms with Crippen molar-refractivity contribution >= 4 is 60.2 Å². The number of rotatable bonds is 5. The minimum atomic E-state index is -3.75. The number of halogens is 2. The fraction of sp³-hybridized carbons (Fsp3) is 0.300. The van der Waals surface area contributed by atoms with Crippen LogP contribution in [0.1, 0.15) is 6.92 Å². The van der Waals surface area contributed by atoms with Crippen LogP contribution in [0.15, 0.2) is 22.7 Å². The molecular weight excluding hydrogens is 437 g/mol. The van der Waals surface area contributed by atoms with Crippen LogP contribution in [0.5, 0.6) is 0 Å². The maximum atomic E-state index is 11.7. The molecule has 0 aliphatic carbocycles. The number of carbonyl (C=O) groups is 1. The highest BCUT2D eigenvalue weighted by Crippen LogP contribution is 2.25. The molecule has 0 aromatic heterocycles. The van der Waals surface area contributed by atoms with Gasteiger partial charge in [0.2, 0.25) is 10.0 Å². The minimum Gasteiger partial charge on any atom is -0.465 e. The number of hydrogen-bond donors (Lipinski definition) is 1. The zero-order chi connectivity index (χ0) is 13.8. The van der Waals surface area contributed by atoms with Crippen molar-refractivity contribution in [3.05, 3.63) is 26.2 Å². The standard InChI is InChI=1S/C10H11BrINO4S/c1-2-17-10(14)6-18(15,16)13-9-4-3-7(12)5-8(9)11/h3-5,13H,2,6H2,1H3. The van der Waals surface area contributed by atoms with Crippen molar-refractivity contribution in [3.8, 4) is 0 Å².